The summed E-state index contributed by atoms with van der Waals surface area (Å²) in [5.41, 5.74) is 0.488. The molecule has 0 aromatic heterocycles. The number of Topliss-reactive ketones (excluding diaryl/α,β-unsaturated/α-hetero) is 1. The Morgan fingerprint density at radius 3 is 2.21 bits per heavy atom. The molecule has 0 bridgehead atoms. The predicted octanol–water partition coefficient (Wildman–Crippen LogP) is 5.93. The summed E-state index contributed by atoms with van der Waals surface area (Å²) in [7, 11) is 0. The van der Waals surface area contributed by atoms with E-state index in [2.05, 4.69) is 39.8 Å². The van der Waals surface area contributed by atoms with Crippen LogP contribution in [0.3, 0.4) is 0 Å². The van der Waals surface area contributed by atoms with Crippen molar-refractivity contribution in [3.8, 4) is 0 Å². The smallest absolute Gasteiger partial charge is 0.130 e. The normalized spacial score (nSPS) is 12.5. The van der Waals surface area contributed by atoms with E-state index in [1.165, 1.54) is 32.1 Å². The molecule has 0 unspecified atom stereocenters. The van der Waals surface area contributed by atoms with Crippen LogP contribution in [0.4, 0.5) is 0 Å². The highest BCUT2D eigenvalue weighted by molar-refractivity contribution is 5.75. The summed E-state index contributed by atoms with van der Waals surface area (Å²) in [6, 6.07) is 0. The summed E-state index contributed by atoms with van der Waals surface area (Å²) in [5.74, 6) is 1.12. The molecule has 0 rings (SSSR count). The highest BCUT2D eigenvalue weighted by atomic mass is 16.1. The molecule has 0 N–H and O–H groups in total. The van der Waals surface area contributed by atoms with Crippen molar-refractivity contribution >= 4 is 5.78 Å². The second-order valence-corrected chi connectivity index (χ2v) is 7.05. The standard InChI is InChI=1S/C18H34O/c1-16(2)12-11-15-18(4,5)14-10-8-6-7-9-13-17(3)19/h6-7,16H,8-15H2,1-5H3/b7-6+. The first kappa shape index (κ1) is 18.4. The molecule has 0 fully saturated rings. The van der Waals surface area contributed by atoms with E-state index in [0.717, 1.165) is 18.8 Å². The molecule has 0 amide bonds. The fourth-order valence-corrected chi connectivity index (χ4v) is 2.33. The monoisotopic (exact) mass is 266 g/mol. The Labute approximate surface area is 120 Å². The van der Waals surface area contributed by atoms with Crippen molar-refractivity contribution in [2.45, 2.75) is 86.0 Å². The lowest BCUT2D eigenvalue weighted by molar-refractivity contribution is -0.116. The van der Waals surface area contributed by atoms with Crippen molar-refractivity contribution in [3.05, 3.63) is 12.2 Å². The molecular formula is C18H34O. The minimum atomic E-state index is 0.288. The number of carbonyl (C=O) groups is 1. The van der Waals surface area contributed by atoms with Crippen molar-refractivity contribution in [3.63, 3.8) is 0 Å². The number of rotatable bonds is 11. The number of ketones is 1. The molecule has 1 nitrogen and oxygen atoms in total. The maximum absolute atomic E-state index is 10.8. The zero-order chi connectivity index (χ0) is 14.7. The largest absolute Gasteiger partial charge is 0.300 e. The Hall–Kier alpha value is -0.590. The second-order valence-electron chi connectivity index (χ2n) is 7.05. The fraction of sp³-hybridized carbons (Fsp3) is 0.833. The van der Waals surface area contributed by atoms with Gasteiger partial charge in [-0.1, -0.05) is 52.7 Å². The van der Waals surface area contributed by atoms with E-state index in [-0.39, 0.29) is 5.78 Å². The molecule has 112 valence electrons. The molecule has 0 radical (unpaired) electrons. The number of unbranched alkanes of at least 4 members (excludes halogenated alkanes) is 1. The van der Waals surface area contributed by atoms with Crippen LogP contribution in [-0.4, -0.2) is 5.78 Å². The summed E-state index contributed by atoms with van der Waals surface area (Å²) < 4.78 is 0. The summed E-state index contributed by atoms with van der Waals surface area (Å²) in [5, 5.41) is 0. The molecule has 0 aliphatic rings. The first-order valence-electron chi connectivity index (χ1n) is 7.98. The predicted molar refractivity (Wildman–Crippen MR) is 85.4 cm³/mol. The number of allylic oxidation sites excluding steroid dienone is 2. The molecule has 0 atom stereocenters. The summed E-state index contributed by atoms with van der Waals surface area (Å²) >= 11 is 0. The van der Waals surface area contributed by atoms with Gasteiger partial charge in [0.15, 0.2) is 0 Å². The third kappa shape index (κ3) is 13.6. The quantitative estimate of drug-likeness (QED) is 0.334. The Kier molecular flexibility index (Phi) is 9.91. The van der Waals surface area contributed by atoms with Gasteiger partial charge in [-0.2, -0.15) is 0 Å². The Bertz CT molecular complexity index is 261. The molecule has 0 aliphatic carbocycles. The number of carbonyl (C=O) groups excluding carboxylic acids is 1. The van der Waals surface area contributed by atoms with Crippen molar-refractivity contribution in [1.29, 1.82) is 0 Å². The highest BCUT2D eigenvalue weighted by Crippen LogP contribution is 2.30. The summed E-state index contributed by atoms with van der Waals surface area (Å²) in [6.07, 6.45) is 13.8. The summed E-state index contributed by atoms with van der Waals surface area (Å²) in [4.78, 5) is 10.8. The van der Waals surface area contributed by atoms with Crippen LogP contribution in [0.2, 0.25) is 0 Å². The molecule has 0 aromatic rings. The van der Waals surface area contributed by atoms with E-state index in [4.69, 9.17) is 0 Å². The second kappa shape index (κ2) is 10.2. The van der Waals surface area contributed by atoms with Crippen molar-refractivity contribution < 1.29 is 4.79 Å². The maximum atomic E-state index is 10.8. The van der Waals surface area contributed by atoms with Gasteiger partial charge in [-0.25, -0.2) is 0 Å². The van der Waals surface area contributed by atoms with Gasteiger partial charge in [0.2, 0.25) is 0 Å². The topological polar surface area (TPSA) is 17.1 Å². The molecule has 0 saturated heterocycles. The maximum Gasteiger partial charge on any atom is 0.130 e. The summed E-state index contributed by atoms with van der Waals surface area (Å²) in [6.45, 7) is 11.1. The molecular weight excluding hydrogens is 232 g/mol. The minimum absolute atomic E-state index is 0.288. The minimum Gasteiger partial charge on any atom is -0.300 e. The SMILES string of the molecule is CC(=O)CC/C=C/CCCC(C)(C)CCCC(C)C. The van der Waals surface area contributed by atoms with Crippen LogP contribution in [0.15, 0.2) is 12.2 Å². The fourth-order valence-electron chi connectivity index (χ4n) is 2.33. The average Bonchev–Trinajstić information content (AvgIpc) is 2.26. The first-order valence-corrected chi connectivity index (χ1v) is 7.98. The van der Waals surface area contributed by atoms with Gasteiger partial charge in [-0.3, -0.25) is 0 Å². The van der Waals surface area contributed by atoms with Crippen LogP contribution >= 0.6 is 0 Å². The highest BCUT2D eigenvalue weighted by Gasteiger charge is 2.16. The Morgan fingerprint density at radius 2 is 1.63 bits per heavy atom. The lowest BCUT2D eigenvalue weighted by atomic mass is 9.81. The molecule has 0 saturated carbocycles. The zero-order valence-corrected chi connectivity index (χ0v) is 13.8. The average molecular weight is 266 g/mol. The van der Waals surface area contributed by atoms with Gasteiger partial charge >= 0.3 is 0 Å². The van der Waals surface area contributed by atoms with E-state index in [9.17, 15) is 4.79 Å². The van der Waals surface area contributed by atoms with Gasteiger partial charge in [0.1, 0.15) is 5.78 Å². The Balaban J connectivity index is 3.59. The molecule has 1 heteroatoms. The van der Waals surface area contributed by atoms with Gasteiger partial charge in [0.05, 0.1) is 0 Å². The molecule has 0 aliphatic heterocycles. The lowest BCUT2D eigenvalue weighted by Crippen LogP contribution is -2.11. The van der Waals surface area contributed by atoms with E-state index in [0.29, 0.717) is 11.8 Å². The zero-order valence-electron chi connectivity index (χ0n) is 13.8. The third-order valence-electron chi connectivity index (χ3n) is 3.69. The van der Waals surface area contributed by atoms with E-state index >= 15 is 0 Å². The first-order chi connectivity index (χ1) is 8.83. The third-order valence-corrected chi connectivity index (χ3v) is 3.69. The van der Waals surface area contributed by atoms with Crippen LogP contribution in [-0.2, 0) is 4.79 Å². The van der Waals surface area contributed by atoms with E-state index in [1.807, 2.05) is 0 Å². The van der Waals surface area contributed by atoms with Crippen LogP contribution < -0.4 is 0 Å². The van der Waals surface area contributed by atoms with Gasteiger partial charge in [-0.05, 0) is 50.4 Å². The van der Waals surface area contributed by atoms with E-state index in [1.54, 1.807) is 6.92 Å². The van der Waals surface area contributed by atoms with Gasteiger partial charge in [0.25, 0.3) is 0 Å². The number of hydrogen-bond acceptors (Lipinski definition) is 1. The van der Waals surface area contributed by atoms with Crippen LogP contribution in [0.25, 0.3) is 0 Å². The van der Waals surface area contributed by atoms with Gasteiger partial charge in [-0.15, -0.1) is 0 Å². The van der Waals surface area contributed by atoms with Crippen molar-refractivity contribution in [2.24, 2.45) is 11.3 Å². The van der Waals surface area contributed by atoms with E-state index < -0.39 is 0 Å². The van der Waals surface area contributed by atoms with Crippen LogP contribution in [0.1, 0.15) is 86.0 Å². The number of hydrogen-bond donors (Lipinski definition) is 0. The molecule has 19 heavy (non-hydrogen) atoms. The van der Waals surface area contributed by atoms with Crippen LogP contribution in [0, 0.1) is 11.3 Å². The molecule has 0 spiro atoms. The van der Waals surface area contributed by atoms with Gasteiger partial charge < -0.3 is 4.79 Å². The van der Waals surface area contributed by atoms with Crippen LogP contribution in [0.5, 0.6) is 0 Å². The van der Waals surface area contributed by atoms with Gasteiger partial charge in [0, 0.05) is 6.42 Å². The molecule has 0 aromatic carbocycles. The lowest BCUT2D eigenvalue weighted by Gasteiger charge is -2.24. The molecule has 0 heterocycles. The van der Waals surface area contributed by atoms with Crippen molar-refractivity contribution in [1.82, 2.24) is 0 Å². The van der Waals surface area contributed by atoms with Crippen molar-refractivity contribution in [2.75, 3.05) is 0 Å². The Morgan fingerprint density at radius 1 is 1.05 bits per heavy atom.